The van der Waals surface area contributed by atoms with Crippen molar-refractivity contribution < 1.29 is 23.9 Å². The van der Waals surface area contributed by atoms with E-state index in [0.29, 0.717) is 24.3 Å². The highest BCUT2D eigenvalue weighted by Crippen LogP contribution is 2.34. The van der Waals surface area contributed by atoms with E-state index in [9.17, 15) is 19.2 Å². The Morgan fingerprint density at radius 3 is 2.16 bits per heavy atom. The van der Waals surface area contributed by atoms with Gasteiger partial charge in [-0.2, -0.15) is 0 Å². The summed E-state index contributed by atoms with van der Waals surface area (Å²) in [6.45, 7) is 6.83. The fourth-order valence-corrected chi connectivity index (χ4v) is 4.93. The molecule has 8 heteroatoms. The van der Waals surface area contributed by atoms with Crippen LogP contribution in [0.1, 0.15) is 45.2 Å². The van der Waals surface area contributed by atoms with Gasteiger partial charge in [-0.3, -0.25) is 19.2 Å². The fraction of sp³-hybridized carbons (Fsp3) is 0.333. The Morgan fingerprint density at radius 2 is 1.63 bits per heavy atom. The van der Waals surface area contributed by atoms with Crippen molar-refractivity contribution in [3.8, 4) is 0 Å². The number of ether oxygens (including phenoxy) is 1. The zero-order valence-corrected chi connectivity index (χ0v) is 22.2. The van der Waals surface area contributed by atoms with Crippen molar-refractivity contribution in [3.05, 3.63) is 89.8 Å². The molecule has 0 radical (unpaired) electrons. The number of carbonyl (C=O) groups is 4. The van der Waals surface area contributed by atoms with Crippen molar-refractivity contribution in [2.45, 2.75) is 52.6 Å². The molecule has 0 aliphatic carbocycles. The minimum absolute atomic E-state index is 0.175. The Hall–Kier alpha value is -4.20. The first-order chi connectivity index (χ1) is 18.2. The lowest BCUT2D eigenvalue weighted by Crippen LogP contribution is -2.63. The third kappa shape index (κ3) is 5.39. The molecule has 4 rings (SSSR count). The number of amides is 3. The first-order valence-electron chi connectivity index (χ1n) is 12.8. The van der Waals surface area contributed by atoms with Crippen LogP contribution in [0.3, 0.4) is 0 Å². The van der Waals surface area contributed by atoms with Crippen LogP contribution in [0.15, 0.2) is 78.7 Å². The van der Waals surface area contributed by atoms with Crippen LogP contribution < -0.4 is 0 Å². The van der Waals surface area contributed by atoms with Gasteiger partial charge in [-0.15, -0.1) is 0 Å². The monoisotopic (exact) mass is 515 g/mol. The minimum Gasteiger partial charge on any atom is -0.490 e. The van der Waals surface area contributed by atoms with Gasteiger partial charge in [0.15, 0.2) is 5.76 Å². The quantitative estimate of drug-likeness (QED) is 0.531. The van der Waals surface area contributed by atoms with Crippen LogP contribution in [0.2, 0.25) is 0 Å². The van der Waals surface area contributed by atoms with Gasteiger partial charge < -0.3 is 9.64 Å². The number of rotatable bonds is 8. The zero-order chi connectivity index (χ0) is 27.4. The number of hydrogen-bond acceptors (Lipinski definition) is 5. The van der Waals surface area contributed by atoms with E-state index in [1.807, 2.05) is 62.4 Å². The molecular weight excluding hydrogens is 482 g/mol. The molecule has 0 saturated carbocycles. The van der Waals surface area contributed by atoms with E-state index < -0.39 is 23.9 Å². The van der Waals surface area contributed by atoms with Gasteiger partial charge in [0.25, 0.3) is 5.91 Å². The average Bonchev–Trinajstić information content (AvgIpc) is 3.44. The van der Waals surface area contributed by atoms with Crippen molar-refractivity contribution in [1.82, 2.24) is 14.9 Å². The summed E-state index contributed by atoms with van der Waals surface area (Å²) in [5, 5.41) is 2.54. The molecule has 2 aromatic rings. The van der Waals surface area contributed by atoms with Crippen LogP contribution in [-0.2, 0) is 30.3 Å². The molecule has 2 atom stereocenters. The molecule has 1 unspecified atom stereocenters. The maximum absolute atomic E-state index is 14.3. The van der Waals surface area contributed by atoms with E-state index in [4.69, 9.17) is 4.74 Å². The third-order valence-corrected chi connectivity index (χ3v) is 6.67. The fourth-order valence-electron chi connectivity index (χ4n) is 4.93. The van der Waals surface area contributed by atoms with Gasteiger partial charge in [0.2, 0.25) is 17.6 Å². The second-order valence-corrected chi connectivity index (χ2v) is 9.78. The number of ketones is 1. The lowest BCUT2D eigenvalue weighted by molar-refractivity contribution is -0.168. The summed E-state index contributed by atoms with van der Waals surface area (Å²) < 4.78 is 5.60. The maximum atomic E-state index is 14.3. The molecule has 0 bridgehead atoms. The smallest absolute Gasteiger partial charge is 0.269 e. The SMILES string of the molecule is CC(=O)N1C=C(c2ccccc2)N(N(C(C)=O)[C@@H](Cc2ccccc2)C(=O)C2=CCCO2)C(=O)C1C(C)C. The summed E-state index contributed by atoms with van der Waals surface area (Å²) in [7, 11) is 0. The maximum Gasteiger partial charge on any atom is 0.269 e. The molecule has 0 aromatic heterocycles. The van der Waals surface area contributed by atoms with E-state index in [1.165, 1.54) is 28.8 Å². The van der Waals surface area contributed by atoms with Crippen LogP contribution in [-0.4, -0.2) is 57.1 Å². The molecular formula is C30H33N3O5. The molecule has 0 N–H and O–H groups in total. The van der Waals surface area contributed by atoms with E-state index in [1.54, 1.807) is 24.4 Å². The van der Waals surface area contributed by atoms with E-state index in [-0.39, 0.29) is 29.8 Å². The van der Waals surface area contributed by atoms with Crippen LogP contribution in [0, 0.1) is 5.92 Å². The average molecular weight is 516 g/mol. The number of nitrogens with zero attached hydrogens (tertiary/aromatic N) is 3. The van der Waals surface area contributed by atoms with Gasteiger partial charge in [-0.1, -0.05) is 74.5 Å². The summed E-state index contributed by atoms with van der Waals surface area (Å²) in [6, 6.07) is 16.5. The van der Waals surface area contributed by atoms with Crippen LogP contribution in [0.5, 0.6) is 0 Å². The van der Waals surface area contributed by atoms with Crippen molar-refractivity contribution in [2.24, 2.45) is 5.92 Å². The largest absolute Gasteiger partial charge is 0.490 e. The Labute approximate surface area is 223 Å². The molecule has 2 aliphatic rings. The van der Waals surface area contributed by atoms with Gasteiger partial charge in [-0.25, -0.2) is 10.0 Å². The Kier molecular flexibility index (Phi) is 8.10. The normalized spacial score (nSPS) is 18.0. The van der Waals surface area contributed by atoms with Crippen molar-refractivity contribution in [1.29, 1.82) is 0 Å². The molecule has 0 spiro atoms. The predicted molar refractivity (Wildman–Crippen MR) is 143 cm³/mol. The van der Waals surface area contributed by atoms with Crippen molar-refractivity contribution in [3.63, 3.8) is 0 Å². The zero-order valence-electron chi connectivity index (χ0n) is 22.2. The van der Waals surface area contributed by atoms with Gasteiger partial charge >= 0.3 is 0 Å². The topological polar surface area (TPSA) is 87.2 Å². The van der Waals surface area contributed by atoms with Crippen molar-refractivity contribution >= 4 is 29.2 Å². The summed E-state index contributed by atoms with van der Waals surface area (Å²) in [5.74, 6) is -1.67. The summed E-state index contributed by atoms with van der Waals surface area (Å²) in [5.41, 5.74) is 1.80. The van der Waals surface area contributed by atoms with Crippen LogP contribution in [0.25, 0.3) is 5.70 Å². The molecule has 2 heterocycles. The Bertz CT molecular complexity index is 1270. The van der Waals surface area contributed by atoms with Gasteiger partial charge in [0, 0.05) is 38.5 Å². The van der Waals surface area contributed by atoms with Gasteiger partial charge in [0.05, 0.1) is 12.3 Å². The molecule has 2 aliphatic heterocycles. The highest BCUT2D eigenvalue weighted by atomic mass is 16.5. The molecule has 0 fully saturated rings. The first kappa shape index (κ1) is 26.9. The number of benzene rings is 2. The molecule has 0 saturated heterocycles. The van der Waals surface area contributed by atoms with Crippen LogP contribution in [0.4, 0.5) is 0 Å². The van der Waals surface area contributed by atoms with Crippen molar-refractivity contribution in [2.75, 3.05) is 6.61 Å². The van der Waals surface area contributed by atoms with E-state index >= 15 is 0 Å². The van der Waals surface area contributed by atoms with Gasteiger partial charge in [-0.05, 0) is 17.6 Å². The number of carbonyl (C=O) groups excluding carboxylic acids is 4. The molecule has 8 nitrogen and oxygen atoms in total. The Balaban J connectivity index is 1.91. The third-order valence-electron chi connectivity index (χ3n) is 6.67. The Morgan fingerprint density at radius 1 is 1.00 bits per heavy atom. The van der Waals surface area contributed by atoms with Crippen LogP contribution >= 0.6 is 0 Å². The summed E-state index contributed by atoms with van der Waals surface area (Å²) in [4.78, 5) is 55.6. The highest BCUT2D eigenvalue weighted by molar-refractivity contribution is 6.03. The predicted octanol–water partition coefficient (Wildman–Crippen LogP) is 3.95. The summed E-state index contributed by atoms with van der Waals surface area (Å²) in [6.07, 6.45) is 4.10. The van der Waals surface area contributed by atoms with Gasteiger partial charge in [0.1, 0.15) is 12.1 Å². The summed E-state index contributed by atoms with van der Waals surface area (Å²) >= 11 is 0. The van der Waals surface area contributed by atoms with E-state index in [2.05, 4.69) is 0 Å². The molecule has 198 valence electrons. The second-order valence-electron chi connectivity index (χ2n) is 9.78. The molecule has 3 amide bonds. The molecule has 2 aromatic carbocycles. The molecule has 38 heavy (non-hydrogen) atoms. The lowest BCUT2D eigenvalue weighted by Gasteiger charge is -2.46. The lowest BCUT2D eigenvalue weighted by atomic mass is 9.96. The second kappa shape index (κ2) is 11.5. The van der Waals surface area contributed by atoms with E-state index in [0.717, 1.165) is 5.56 Å². The highest BCUT2D eigenvalue weighted by Gasteiger charge is 2.46. The minimum atomic E-state index is -1.05. The number of Topliss-reactive ketones (excluding diaryl/α,β-unsaturated/α-hetero) is 1. The first-order valence-corrected chi connectivity index (χ1v) is 12.8. The number of hydrogen-bond donors (Lipinski definition) is 0. The number of hydrazine groups is 1. The standard InChI is InChI=1S/C30H33N3O5/c1-20(2)28-30(37)33(26(19-31(28)21(3)34)24-14-9-6-10-15-24)32(22(4)35)25(18-23-12-7-5-8-13-23)29(36)27-16-11-17-38-27/h5-10,12-16,19-20,25,28H,11,17-18H2,1-4H3/t25-,28?/m0/s1.